The average molecular weight is 241 g/mol. The molecule has 2 heterocycles. The highest BCUT2D eigenvalue weighted by Crippen LogP contribution is 2.33. The number of nitrogens with one attached hydrogen (secondary N) is 1. The van der Waals surface area contributed by atoms with Crippen molar-refractivity contribution in [1.82, 2.24) is 15.4 Å². The lowest BCUT2D eigenvalue weighted by Crippen LogP contribution is -2.09. The van der Waals surface area contributed by atoms with Crippen molar-refractivity contribution in [2.75, 3.05) is 6.26 Å². The molecular formula is C8H7N3O2S2. The molecule has 0 aliphatic carbocycles. The number of rotatable bonds is 2. The molecule has 5 nitrogen and oxygen atoms in total. The van der Waals surface area contributed by atoms with Gasteiger partial charge in [-0.25, -0.2) is 5.10 Å². The number of ketones is 1. The second-order valence-corrected chi connectivity index (χ2v) is 4.94. The van der Waals surface area contributed by atoms with Gasteiger partial charge in [0.25, 0.3) is 5.56 Å². The molecule has 0 aromatic carbocycles. The van der Waals surface area contributed by atoms with E-state index < -0.39 is 0 Å². The van der Waals surface area contributed by atoms with E-state index in [1.54, 1.807) is 0 Å². The summed E-state index contributed by atoms with van der Waals surface area (Å²) in [6.07, 6.45) is 1.86. The molecule has 0 atom stereocenters. The van der Waals surface area contributed by atoms with Crippen molar-refractivity contribution in [3.8, 4) is 0 Å². The van der Waals surface area contributed by atoms with Gasteiger partial charge in [0.2, 0.25) is 0 Å². The fraction of sp³-hybridized carbons (Fsp3) is 0.250. The van der Waals surface area contributed by atoms with Crippen molar-refractivity contribution in [2.45, 2.75) is 11.1 Å². The highest BCUT2D eigenvalue weighted by atomic mass is 32.2. The number of aromatic nitrogens is 3. The van der Waals surface area contributed by atoms with Gasteiger partial charge in [0.05, 0.1) is 14.5 Å². The minimum Gasteiger partial charge on any atom is -0.294 e. The lowest BCUT2D eigenvalue weighted by atomic mass is 10.3. The maximum Gasteiger partial charge on any atom is 0.277 e. The Bertz CT molecular complexity index is 587. The molecule has 0 radical (unpaired) electrons. The summed E-state index contributed by atoms with van der Waals surface area (Å²) in [4.78, 5) is 23.3. The van der Waals surface area contributed by atoms with Crippen LogP contribution in [0.4, 0.5) is 0 Å². The Balaban J connectivity index is 2.93. The third-order valence-corrected chi connectivity index (χ3v) is 4.28. The second-order valence-electron chi connectivity index (χ2n) is 2.84. The molecule has 0 saturated carbocycles. The summed E-state index contributed by atoms with van der Waals surface area (Å²) >= 11 is 2.72. The molecule has 2 aromatic heterocycles. The summed E-state index contributed by atoms with van der Waals surface area (Å²) in [5, 5.41) is 10.00. The monoisotopic (exact) mass is 241 g/mol. The molecule has 78 valence electrons. The van der Waals surface area contributed by atoms with Crippen molar-refractivity contribution in [3.05, 3.63) is 15.2 Å². The number of H-pyrrole nitrogens is 1. The van der Waals surface area contributed by atoms with Crippen molar-refractivity contribution in [2.24, 2.45) is 0 Å². The van der Waals surface area contributed by atoms with Crippen LogP contribution in [0.15, 0.2) is 9.00 Å². The first kappa shape index (κ1) is 10.3. The number of thiophene rings is 1. The van der Waals surface area contributed by atoms with Crippen LogP contribution in [0.25, 0.3) is 10.9 Å². The molecule has 7 heteroatoms. The van der Waals surface area contributed by atoms with Gasteiger partial charge in [0.1, 0.15) is 5.52 Å². The number of Topliss-reactive ketones (excluding diaryl/α,β-unsaturated/α-hetero) is 1. The van der Waals surface area contributed by atoms with Crippen molar-refractivity contribution < 1.29 is 4.79 Å². The normalized spacial score (nSPS) is 10.8. The number of carbonyl (C=O) groups excluding carboxylic acids is 1. The SMILES string of the molecule is CSc1sc(C(C)=O)c2nn[nH]c(=O)c12. The Hall–Kier alpha value is -1.21. The predicted molar refractivity (Wildman–Crippen MR) is 59.8 cm³/mol. The summed E-state index contributed by atoms with van der Waals surface area (Å²) in [5.41, 5.74) is 0.105. The molecule has 0 aliphatic heterocycles. The minimum atomic E-state index is -0.298. The van der Waals surface area contributed by atoms with E-state index in [1.807, 2.05) is 6.26 Å². The Morgan fingerprint density at radius 3 is 2.87 bits per heavy atom. The molecule has 0 saturated heterocycles. The fourth-order valence-corrected chi connectivity index (χ4v) is 3.09. The number of nitrogens with zero attached hydrogens (tertiary/aromatic N) is 2. The van der Waals surface area contributed by atoms with Gasteiger partial charge in [-0.2, -0.15) is 0 Å². The zero-order valence-corrected chi connectivity index (χ0v) is 9.66. The van der Waals surface area contributed by atoms with E-state index in [9.17, 15) is 9.59 Å². The number of carbonyl (C=O) groups is 1. The molecule has 0 spiro atoms. The summed E-state index contributed by atoms with van der Waals surface area (Å²) in [5.74, 6) is -0.0924. The Morgan fingerprint density at radius 2 is 2.27 bits per heavy atom. The molecule has 0 unspecified atom stereocenters. The highest BCUT2D eigenvalue weighted by molar-refractivity contribution is 8.00. The number of hydrogen-bond acceptors (Lipinski definition) is 6. The summed E-state index contributed by atoms with van der Waals surface area (Å²) in [7, 11) is 0. The standard InChI is InChI=1S/C8H7N3O2S2/c1-3(12)6-5-4(8(14-2)15-6)7(13)10-11-9-5/h1-2H3,(H,9,10,13). The average Bonchev–Trinajstić information content (AvgIpc) is 2.58. The van der Waals surface area contributed by atoms with Crippen molar-refractivity contribution >= 4 is 39.8 Å². The third kappa shape index (κ3) is 1.57. The van der Waals surface area contributed by atoms with E-state index in [4.69, 9.17) is 0 Å². The largest absolute Gasteiger partial charge is 0.294 e. The summed E-state index contributed by atoms with van der Waals surface area (Å²) in [6.45, 7) is 1.46. The summed E-state index contributed by atoms with van der Waals surface area (Å²) in [6, 6.07) is 0. The van der Waals surface area contributed by atoms with E-state index in [0.717, 1.165) is 4.21 Å². The zero-order chi connectivity index (χ0) is 11.0. The van der Waals surface area contributed by atoms with Crippen LogP contribution in [0.5, 0.6) is 0 Å². The maximum absolute atomic E-state index is 11.5. The number of thioether (sulfide) groups is 1. The Labute approximate surface area is 92.9 Å². The number of fused-ring (bicyclic) bond motifs is 1. The van der Waals surface area contributed by atoms with Gasteiger partial charge < -0.3 is 0 Å². The van der Waals surface area contributed by atoms with Gasteiger partial charge >= 0.3 is 0 Å². The van der Waals surface area contributed by atoms with Gasteiger partial charge in [0.15, 0.2) is 5.78 Å². The Morgan fingerprint density at radius 1 is 1.53 bits per heavy atom. The predicted octanol–water partition coefficient (Wildman–Crippen LogP) is 1.30. The van der Waals surface area contributed by atoms with Gasteiger partial charge in [-0.15, -0.1) is 28.2 Å². The second kappa shape index (κ2) is 3.74. The van der Waals surface area contributed by atoms with Gasteiger partial charge in [-0.05, 0) is 6.26 Å². The van der Waals surface area contributed by atoms with Crippen LogP contribution in [-0.2, 0) is 0 Å². The van der Waals surface area contributed by atoms with E-state index in [0.29, 0.717) is 15.8 Å². The van der Waals surface area contributed by atoms with Crippen molar-refractivity contribution in [1.29, 1.82) is 0 Å². The van der Waals surface area contributed by atoms with Crippen LogP contribution >= 0.6 is 23.1 Å². The van der Waals surface area contributed by atoms with E-state index in [2.05, 4.69) is 15.4 Å². The Kier molecular flexibility index (Phi) is 2.57. The first-order valence-corrected chi connectivity index (χ1v) is 6.12. The molecule has 15 heavy (non-hydrogen) atoms. The van der Waals surface area contributed by atoms with E-state index in [-0.39, 0.29) is 11.3 Å². The van der Waals surface area contributed by atoms with Crippen LogP contribution < -0.4 is 5.56 Å². The van der Waals surface area contributed by atoms with Gasteiger partial charge in [-0.3, -0.25) is 9.59 Å². The fourth-order valence-electron chi connectivity index (χ4n) is 1.26. The zero-order valence-electron chi connectivity index (χ0n) is 8.03. The molecule has 2 aromatic rings. The molecular weight excluding hydrogens is 234 g/mol. The quantitative estimate of drug-likeness (QED) is 0.633. The van der Waals surface area contributed by atoms with Crippen LogP contribution in [0.2, 0.25) is 0 Å². The third-order valence-electron chi connectivity index (χ3n) is 1.88. The molecule has 0 amide bonds. The van der Waals surface area contributed by atoms with E-state index >= 15 is 0 Å². The lowest BCUT2D eigenvalue weighted by molar-refractivity contribution is 0.102. The molecule has 2 rings (SSSR count). The van der Waals surface area contributed by atoms with Crippen LogP contribution in [-0.4, -0.2) is 27.4 Å². The van der Waals surface area contributed by atoms with E-state index in [1.165, 1.54) is 30.0 Å². The molecule has 0 aliphatic rings. The maximum atomic E-state index is 11.5. The van der Waals surface area contributed by atoms with Crippen molar-refractivity contribution in [3.63, 3.8) is 0 Å². The smallest absolute Gasteiger partial charge is 0.277 e. The molecule has 1 N–H and O–H groups in total. The lowest BCUT2D eigenvalue weighted by Gasteiger charge is -1.89. The first-order valence-electron chi connectivity index (χ1n) is 4.08. The van der Waals surface area contributed by atoms with Gasteiger partial charge in [0, 0.05) is 6.92 Å². The number of hydrogen-bond donors (Lipinski definition) is 1. The van der Waals surface area contributed by atoms with Gasteiger partial charge in [-0.1, -0.05) is 5.21 Å². The minimum absolute atomic E-state index is 0.0924. The van der Waals surface area contributed by atoms with Crippen LogP contribution in [0, 0.1) is 0 Å². The molecule has 0 bridgehead atoms. The van der Waals surface area contributed by atoms with Crippen LogP contribution in [0.1, 0.15) is 16.6 Å². The first-order chi connectivity index (χ1) is 7.15. The topological polar surface area (TPSA) is 75.7 Å². The van der Waals surface area contributed by atoms with Crippen LogP contribution in [0.3, 0.4) is 0 Å². The number of aromatic amines is 1. The highest BCUT2D eigenvalue weighted by Gasteiger charge is 2.17. The summed E-state index contributed by atoms with van der Waals surface area (Å²) < 4.78 is 0.798. The molecule has 0 fully saturated rings.